The highest BCUT2D eigenvalue weighted by molar-refractivity contribution is 6.58. The Morgan fingerprint density at radius 2 is 1.80 bits per heavy atom. The van der Waals surface area contributed by atoms with Crippen LogP contribution < -0.4 is 0 Å². The highest BCUT2D eigenvalue weighted by atomic mass is 15.2. The fourth-order valence-corrected chi connectivity index (χ4v) is 1.53. The Labute approximate surface area is 63.6 Å². The average molecular weight is 138 g/mol. The van der Waals surface area contributed by atoms with Gasteiger partial charge in [-0.05, 0) is 33.6 Å². The summed E-state index contributed by atoms with van der Waals surface area (Å²) in [7, 11) is 4.28. The maximum atomic E-state index is 3.80. The van der Waals surface area contributed by atoms with E-state index in [-0.39, 0.29) is 0 Å². The molecule has 0 saturated carbocycles. The lowest BCUT2D eigenvalue weighted by Crippen LogP contribution is -2.53. The molecule has 0 unspecified atom stereocenters. The molecular weight excluding hydrogens is 123 g/mol. The predicted octanol–water partition coefficient (Wildman–Crippen LogP) is 0.467. The van der Waals surface area contributed by atoms with Gasteiger partial charge in [-0.15, -0.1) is 6.58 Å². The number of hydrogen-bond acceptors (Lipinski definition) is 2. The summed E-state index contributed by atoms with van der Waals surface area (Å²) in [6.45, 7) is 6.65. The summed E-state index contributed by atoms with van der Waals surface area (Å²) in [6.07, 6.45) is 1.28. The lowest BCUT2D eigenvalue weighted by Gasteiger charge is -2.35. The van der Waals surface area contributed by atoms with E-state index in [0.29, 0.717) is 6.98 Å². The summed E-state index contributed by atoms with van der Waals surface area (Å²) in [4.78, 5) is 4.63. The molecule has 2 nitrogen and oxygen atoms in total. The molecule has 0 aromatic heterocycles. The average Bonchev–Trinajstić information content (AvgIpc) is 1.88. The molecule has 10 heavy (non-hydrogen) atoms. The molecule has 0 aromatic carbocycles. The van der Waals surface area contributed by atoms with E-state index in [1.165, 1.54) is 19.5 Å². The number of nitrogens with zero attached hydrogens (tertiary/aromatic N) is 2. The predicted molar refractivity (Wildman–Crippen MR) is 45.8 cm³/mol. The maximum absolute atomic E-state index is 3.80. The van der Waals surface area contributed by atoms with Gasteiger partial charge in [-0.25, -0.2) is 0 Å². The van der Waals surface area contributed by atoms with E-state index < -0.39 is 0 Å². The van der Waals surface area contributed by atoms with Crippen LogP contribution in [0.15, 0.2) is 12.6 Å². The normalized spacial score (nSPS) is 23.2. The molecule has 56 valence electrons. The van der Waals surface area contributed by atoms with Crippen molar-refractivity contribution in [3.8, 4) is 0 Å². The Morgan fingerprint density at radius 1 is 1.30 bits per heavy atom. The summed E-state index contributed by atoms with van der Waals surface area (Å²) in [5.74, 6) is 2.00. The minimum Gasteiger partial charge on any atom is -0.327 e. The van der Waals surface area contributed by atoms with Crippen LogP contribution in [0.5, 0.6) is 0 Å². The topological polar surface area (TPSA) is 6.48 Å². The van der Waals surface area contributed by atoms with E-state index in [2.05, 4.69) is 30.3 Å². The minimum atomic E-state index is 0.453. The van der Waals surface area contributed by atoms with Gasteiger partial charge in [0.25, 0.3) is 0 Å². The van der Waals surface area contributed by atoms with Crippen molar-refractivity contribution in [3.63, 3.8) is 0 Å². The summed E-state index contributed by atoms with van der Waals surface area (Å²) < 4.78 is 0. The van der Waals surface area contributed by atoms with Gasteiger partial charge in [0.05, 0.1) is 0 Å². The van der Waals surface area contributed by atoms with Crippen molar-refractivity contribution in [2.24, 2.45) is 0 Å². The first-order valence-electron chi connectivity index (χ1n) is 3.78. The van der Waals surface area contributed by atoms with Crippen molar-refractivity contribution in [2.45, 2.75) is 6.42 Å². The molecule has 1 aliphatic heterocycles. The smallest absolute Gasteiger partial charge is 0.327 e. The van der Waals surface area contributed by atoms with E-state index in [0.717, 1.165) is 0 Å². The Balaban J connectivity index is 2.53. The Bertz CT molecular complexity index is 117. The van der Waals surface area contributed by atoms with Gasteiger partial charge in [0.15, 0.2) is 0 Å². The second-order valence-electron chi connectivity index (χ2n) is 2.96. The Hall–Kier alpha value is -0.275. The van der Waals surface area contributed by atoms with Crippen LogP contribution in [0.25, 0.3) is 0 Å². The molecule has 0 aliphatic carbocycles. The van der Waals surface area contributed by atoms with Crippen molar-refractivity contribution in [1.29, 1.82) is 0 Å². The maximum Gasteiger partial charge on any atom is 0.337 e. The van der Waals surface area contributed by atoms with E-state index >= 15 is 0 Å². The second kappa shape index (κ2) is 3.22. The van der Waals surface area contributed by atoms with Gasteiger partial charge in [0, 0.05) is 0 Å². The summed E-state index contributed by atoms with van der Waals surface area (Å²) in [6, 6.07) is 0. The first-order valence-corrected chi connectivity index (χ1v) is 3.78. The third-order valence-electron chi connectivity index (χ3n) is 2.14. The molecule has 0 spiro atoms. The highest BCUT2D eigenvalue weighted by Crippen LogP contribution is 2.06. The van der Waals surface area contributed by atoms with Crippen LogP contribution in [0.4, 0.5) is 0 Å². The summed E-state index contributed by atoms with van der Waals surface area (Å²) >= 11 is 0. The lowest BCUT2D eigenvalue weighted by molar-refractivity contribution is 0.351. The first-order chi connectivity index (χ1) is 4.75. The van der Waals surface area contributed by atoms with Crippen molar-refractivity contribution in [2.75, 3.05) is 27.2 Å². The SMILES string of the molecule is C=CB1N(C)CCCN1C. The van der Waals surface area contributed by atoms with Crippen LogP contribution in [0, 0.1) is 0 Å². The summed E-state index contributed by atoms with van der Waals surface area (Å²) in [5, 5.41) is 0. The van der Waals surface area contributed by atoms with Crippen LogP contribution in [0.1, 0.15) is 6.42 Å². The molecule has 1 fully saturated rings. The van der Waals surface area contributed by atoms with E-state index in [4.69, 9.17) is 0 Å². The Morgan fingerprint density at radius 3 is 2.10 bits per heavy atom. The molecule has 0 aromatic rings. The van der Waals surface area contributed by atoms with Crippen molar-refractivity contribution < 1.29 is 0 Å². The van der Waals surface area contributed by atoms with Gasteiger partial charge in [-0.1, -0.05) is 5.98 Å². The molecular formula is C7H15BN2. The molecule has 0 amide bonds. The van der Waals surface area contributed by atoms with Gasteiger partial charge >= 0.3 is 6.98 Å². The molecule has 1 aliphatic rings. The van der Waals surface area contributed by atoms with Crippen molar-refractivity contribution in [3.05, 3.63) is 12.6 Å². The molecule has 0 bridgehead atoms. The van der Waals surface area contributed by atoms with Crippen LogP contribution in [0.2, 0.25) is 0 Å². The fraction of sp³-hybridized carbons (Fsp3) is 0.714. The van der Waals surface area contributed by atoms with Gasteiger partial charge < -0.3 is 9.62 Å². The van der Waals surface area contributed by atoms with Crippen LogP contribution in [-0.2, 0) is 0 Å². The number of rotatable bonds is 1. The lowest BCUT2D eigenvalue weighted by atomic mass is 9.70. The minimum absolute atomic E-state index is 0.453. The van der Waals surface area contributed by atoms with E-state index in [1.54, 1.807) is 0 Å². The van der Waals surface area contributed by atoms with E-state index in [9.17, 15) is 0 Å². The molecule has 1 heterocycles. The number of hydrogen-bond donors (Lipinski definition) is 0. The molecule has 0 atom stereocenters. The zero-order valence-electron chi connectivity index (χ0n) is 6.88. The molecule has 0 N–H and O–H groups in total. The van der Waals surface area contributed by atoms with Crippen LogP contribution >= 0.6 is 0 Å². The van der Waals surface area contributed by atoms with Gasteiger partial charge in [0.1, 0.15) is 0 Å². The Kier molecular flexibility index (Phi) is 2.52. The fourth-order valence-electron chi connectivity index (χ4n) is 1.53. The van der Waals surface area contributed by atoms with Gasteiger partial charge in [0.2, 0.25) is 0 Å². The standard InChI is InChI=1S/C7H15BN2/c1-4-8-9(2)6-5-7-10(8)3/h4H,1,5-7H2,2-3H3. The molecule has 0 radical (unpaired) electrons. The molecule has 1 saturated heterocycles. The zero-order chi connectivity index (χ0) is 7.56. The third kappa shape index (κ3) is 1.41. The van der Waals surface area contributed by atoms with Crippen LogP contribution in [0.3, 0.4) is 0 Å². The van der Waals surface area contributed by atoms with Gasteiger partial charge in [-0.2, -0.15) is 0 Å². The van der Waals surface area contributed by atoms with E-state index in [1.807, 2.05) is 5.98 Å². The highest BCUT2D eigenvalue weighted by Gasteiger charge is 2.25. The second-order valence-corrected chi connectivity index (χ2v) is 2.96. The molecule has 3 heteroatoms. The quantitative estimate of drug-likeness (QED) is 0.486. The largest absolute Gasteiger partial charge is 0.337 e. The van der Waals surface area contributed by atoms with Crippen molar-refractivity contribution in [1.82, 2.24) is 9.62 Å². The van der Waals surface area contributed by atoms with Crippen LogP contribution in [-0.4, -0.2) is 43.8 Å². The van der Waals surface area contributed by atoms with Crippen molar-refractivity contribution >= 4 is 6.98 Å². The molecule has 1 rings (SSSR count). The zero-order valence-corrected chi connectivity index (χ0v) is 6.88. The monoisotopic (exact) mass is 138 g/mol. The first kappa shape index (κ1) is 7.83. The van der Waals surface area contributed by atoms with Gasteiger partial charge in [-0.3, -0.25) is 0 Å². The summed E-state index contributed by atoms with van der Waals surface area (Å²) in [5.41, 5.74) is 0. The third-order valence-corrected chi connectivity index (χ3v) is 2.14.